The highest BCUT2D eigenvalue weighted by molar-refractivity contribution is 5.81. The summed E-state index contributed by atoms with van der Waals surface area (Å²) >= 11 is 0. The molecule has 0 bridgehead atoms. The van der Waals surface area contributed by atoms with Crippen molar-refractivity contribution in [1.29, 1.82) is 0 Å². The second kappa shape index (κ2) is 4.62. The summed E-state index contributed by atoms with van der Waals surface area (Å²) in [7, 11) is 0. The van der Waals surface area contributed by atoms with Gasteiger partial charge in [0, 0.05) is 11.5 Å². The van der Waals surface area contributed by atoms with E-state index < -0.39 is 0 Å². The van der Waals surface area contributed by atoms with Crippen LogP contribution >= 0.6 is 0 Å². The van der Waals surface area contributed by atoms with Crippen molar-refractivity contribution in [3.63, 3.8) is 0 Å². The highest BCUT2D eigenvalue weighted by Crippen LogP contribution is 2.20. The molecule has 0 fully saturated rings. The molecule has 2 rings (SSSR count). The smallest absolute Gasteiger partial charge is 0.368 e. The second-order valence-electron chi connectivity index (χ2n) is 4.12. The molecule has 0 spiro atoms. The molecular formula is C14H18NO2+. The fraction of sp³-hybridized carbons (Fsp3) is 0.357. The molecule has 0 aliphatic carbocycles. The largest absolute Gasteiger partial charge is 0.508 e. The van der Waals surface area contributed by atoms with Gasteiger partial charge < -0.3 is 9.52 Å². The molecule has 2 aromatic rings. The molecule has 1 N–H and O–H groups in total. The Kier molecular flexibility index (Phi) is 3.18. The van der Waals surface area contributed by atoms with Gasteiger partial charge in [-0.1, -0.05) is 0 Å². The lowest BCUT2D eigenvalue weighted by molar-refractivity contribution is 0.449. The summed E-state index contributed by atoms with van der Waals surface area (Å²) in [6.45, 7) is 8.07. The fourth-order valence-electron chi connectivity index (χ4n) is 2.02. The normalized spacial score (nSPS) is 10.8. The zero-order valence-corrected chi connectivity index (χ0v) is 10.5. The predicted molar refractivity (Wildman–Crippen MR) is 69.0 cm³/mol. The number of phenols is 1. The molecule has 0 unspecified atom stereocenters. The molecule has 0 aliphatic rings. The molecule has 0 saturated carbocycles. The van der Waals surface area contributed by atoms with Gasteiger partial charge in [-0.3, -0.25) is 0 Å². The number of aromatic hydroxyl groups is 1. The van der Waals surface area contributed by atoms with Gasteiger partial charge in [-0.2, -0.15) is 4.58 Å². The van der Waals surface area contributed by atoms with Crippen LogP contribution in [0.15, 0.2) is 28.7 Å². The van der Waals surface area contributed by atoms with Crippen LogP contribution in [0.3, 0.4) is 0 Å². The van der Waals surface area contributed by atoms with Gasteiger partial charge in [0.25, 0.3) is 0 Å². The van der Waals surface area contributed by atoms with Crippen molar-refractivity contribution in [3.8, 4) is 5.75 Å². The number of rotatable bonds is 2. The topological polar surface area (TPSA) is 36.4 Å². The average Bonchev–Trinajstić information content (AvgIpc) is 2.30. The van der Waals surface area contributed by atoms with E-state index in [1.165, 1.54) is 0 Å². The monoisotopic (exact) mass is 232 g/mol. The average molecular weight is 232 g/mol. The molecular weight excluding hydrogens is 214 g/mol. The van der Waals surface area contributed by atoms with Crippen LogP contribution in [0.4, 0.5) is 0 Å². The van der Waals surface area contributed by atoms with Gasteiger partial charge >= 0.3 is 5.55 Å². The van der Waals surface area contributed by atoms with Gasteiger partial charge in [0.2, 0.25) is 0 Å². The minimum atomic E-state index is 0.234. The number of nitrogens with zero attached hydrogens (tertiary/aromatic N) is 1. The van der Waals surface area contributed by atoms with Gasteiger partial charge in [-0.15, -0.1) is 0 Å². The summed E-state index contributed by atoms with van der Waals surface area (Å²) in [6.07, 6.45) is 0. The highest BCUT2D eigenvalue weighted by atomic mass is 16.3. The van der Waals surface area contributed by atoms with Crippen LogP contribution in [0.25, 0.3) is 11.0 Å². The van der Waals surface area contributed by atoms with E-state index in [0.29, 0.717) is 0 Å². The first-order valence-corrected chi connectivity index (χ1v) is 5.97. The Morgan fingerprint density at radius 1 is 1.18 bits per heavy atom. The molecule has 0 radical (unpaired) electrons. The van der Waals surface area contributed by atoms with Crippen molar-refractivity contribution in [2.24, 2.45) is 0 Å². The van der Waals surface area contributed by atoms with Gasteiger partial charge in [0.15, 0.2) is 0 Å². The molecule has 0 aliphatic heterocycles. The van der Waals surface area contributed by atoms with Crippen LogP contribution in [0.2, 0.25) is 0 Å². The molecule has 1 heterocycles. The first-order chi connectivity index (χ1) is 8.15. The van der Waals surface area contributed by atoms with Crippen molar-refractivity contribution >= 4 is 11.0 Å². The summed E-state index contributed by atoms with van der Waals surface area (Å²) < 4.78 is 7.98. The van der Waals surface area contributed by atoms with Crippen LogP contribution in [-0.2, 0) is 0 Å². The SMILES string of the molecule is CC[N+](CC)=c1cc(C)c2ccc(O)cc2o1. The van der Waals surface area contributed by atoms with Crippen molar-refractivity contribution in [2.75, 3.05) is 13.1 Å². The number of fused-ring (bicyclic) bond motifs is 1. The third kappa shape index (κ3) is 2.18. The molecule has 17 heavy (non-hydrogen) atoms. The summed E-state index contributed by atoms with van der Waals surface area (Å²) in [5, 5.41) is 10.5. The van der Waals surface area contributed by atoms with E-state index in [1.54, 1.807) is 12.1 Å². The lowest BCUT2D eigenvalue weighted by Gasteiger charge is -2.02. The molecule has 90 valence electrons. The van der Waals surface area contributed by atoms with Gasteiger partial charge in [-0.25, -0.2) is 0 Å². The number of aryl methyl sites for hydroxylation is 1. The molecule has 3 nitrogen and oxygen atoms in total. The number of hydrogen-bond donors (Lipinski definition) is 1. The molecule has 0 atom stereocenters. The van der Waals surface area contributed by atoms with E-state index in [9.17, 15) is 5.11 Å². The van der Waals surface area contributed by atoms with E-state index in [0.717, 1.165) is 35.2 Å². The van der Waals surface area contributed by atoms with Crippen LogP contribution in [-0.4, -0.2) is 18.2 Å². The highest BCUT2D eigenvalue weighted by Gasteiger charge is 2.07. The maximum absolute atomic E-state index is 9.49. The van der Waals surface area contributed by atoms with E-state index in [2.05, 4.69) is 25.3 Å². The number of benzene rings is 1. The van der Waals surface area contributed by atoms with Crippen molar-refractivity contribution in [3.05, 3.63) is 35.4 Å². The van der Waals surface area contributed by atoms with Crippen LogP contribution in [0, 0.1) is 6.92 Å². The summed E-state index contributed by atoms with van der Waals surface area (Å²) in [5.74, 6) is 0.234. The van der Waals surface area contributed by atoms with E-state index in [1.807, 2.05) is 12.1 Å². The summed E-state index contributed by atoms with van der Waals surface area (Å²) in [6, 6.07) is 7.28. The Morgan fingerprint density at radius 2 is 1.88 bits per heavy atom. The minimum Gasteiger partial charge on any atom is -0.508 e. The maximum atomic E-state index is 9.49. The first kappa shape index (κ1) is 11.7. The third-order valence-corrected chi connectivity index (χ3v) is 3.02. The lowest BCUT2D eigenvalue weighted by Crippen LogP contribution is -2.29. The number of phenolic OH excluding ortho intramolecular Hbond substituents is 1. The molecule has 0 saturated heterocycles. The zero-order valence-electron chi connectivity index (χ0n) is 10.5. The zero-order chi connectivity index (χ0) is 12.4. The van der Waals surface area contributed by atoms with Crippen molar-refractivity contribution in [1.82, 2.24) is 4.58 Å². The molecule has 1 aromatic carbocycles. The standard InChI is InChI=1S/C14H17NO2/c1-4-15(5-2)14-8-10(3)12-7-6-11(16)9-13(12)17-14/h6-9H,4-5H2,1-3H3/p+1. The van der Waals surface area contributed by atoms with Crippen molar-refractivity contribution < 1.29 is 9.52 Å². The summed E-state index contributed by atoms with van der Waals surface area (Å²) in [5.41, 5.74) is 2.74. The first-order valence-electron chi connectivity index (χ1n) is 5.97. The minimum absolute atomic E-state index is 0.234. The van der Waals surface area contributed by atoms with Crippen LogP contribution < -0.4 is 10.1 Å². The lowest BCUT2D eigenvalue weighted by atomic mass is 10.1. The Morgan fingerprint density at radius 3 is 2.53 bits per heavy atom. The molecule has 1 aromatic heterocycles. The maximum Gasteiger partial charge on any atom is 0.368 e. The van der Waals surface area contributed by atoms with E-state index >= 15 is 0 Å². The molecule has 3 heteroatoms. The fourth-order valence-corrected chi connectivity index (χ4v) is 2.02. The molecule has 0 amide bonds. The Labute approximate surface area is 101 Å². The van der Waals surface area contributed by atoms with Gasteiger partial charge in [0.05, 0.1) is 6.07 Å². The van der Waals surface area contributed by atoms with Gasteiger partial charge in [-0.05, 0) is 38.5 Å². The quantitative estimate of drug-likeness (QED) is 0.806. The van der Waals surface area contributed by atoms with Crippen molar-refractivity contribution in [2.45, 2.75) is 20.8 Å². The third-order valence-electron chi connectivity index (χ3n) is 3.02. The number of hydrogen-bond acceptors (Lipinski definition) is 2. The van der Waals surface area contributed by atoms with Crippen LogP contribution in [0.1, 0.15) is 19.4 Å². The Balaban J connectivity index is 2.82. The van der Waals surface area contributed by atoms with Crippen LogP contribution in [0.5, 0.6) is 5.75 Å². The van der Waals surface area contributed by atoms with E-state index in [-0.39, 0.29) is 5.75 Å². The Hall–Kier alpha value is -1.77. The second-order valence-corrected chi connectivity index (χ2v) is 4.12. The van der Waals surface area contributed by atoms with E-state index in [4.69, 9.17) is 4.42 Å². The summed E-state index contributed by atoms with van der Waals surface area (Å²) in [4.78, 5) is 0. The Bertz CT molecular complexity index is 605. The predicted octanol–water partition coefficient (Wildman–Crippen LogP) is 2.26. The van der Waals surface area contributed by atoms with Gasteiger partial charge in [0.1, 0.15) is 24.4 Å².